The van der Waals surface area contributed by atoms with Gasteiger partial charge in [0.2, 0.25) is 0 Å². The molecule has 1 heterocycles. The average molecular weight is 258 g/mol. The van der Waals surface area contributed by atoms with E-state index in [1.165, 1.54) is 6.21 Å². The lowest BCUT2D eigenvalue weighted by Gasteiger charge is -2.03. The molecule has 0 saturated heterocycles. The summed E-state index contributed by atoms with van der Waals surface area (Å²) >= 11 is 0. The number of hydrazone groups is 1. The summed E-state index contributed by atoms with van der Waals surface area (Å²) in [6.45, 7) is 1.97. The third-order valence-electron chi connectivity index (χ3n) is 2.57. The molecule has 0 aliphatic rings. The quantitative estimate of drug-likeness (QED) is 0.635. The molecule has 1 amide bonds. The fourth-order valence-electron chi connectivity index (χ4n) is 1.53. The van der Waals surface area contributed by atoms with Crippen molar-refractivity contribution in [1.82, 2.24) is 15.0 Å². The summed E-state index contributed by atoms with van der Waals surface area (Å²) < 4.78 is 1.71. The molecule has 0 bridgehead atoms. The zero-order chi connectivity index (χ0) is 13.7. The summed E-state index contributed by atoms with van der Waals surface area (Å²) in [6, 6.07) is 6.74. The number of hydrogen-bond acceptors (Lipinski definition) is 4. The van der Waals surface area contributed by atoms with Crippen LogP contribution in [0.15, 0.2) is 41.8 Å². The van der Waals surface area contributed by atoms with Crippen molar-refractivity contribution in [3.63, 3.8) is 0 Å². The Morgan fingerprint density at radius 3 is 3.00 bits per heavy atom. The van der Waals surface area contributed by atoms with Gasteiger partial charge < -0.3 is 9.67 Å². The maximum Gasteiger partial charge on any atom is 0.260 e. The maximum atomic E-state index is 11.6. The Hall–Kier alpha value is -2.63. The summed E-state index contributed by atoms with van der Waals surface area (Å²) in [4.78, 5) is 15.6. The first-order chi connectivity index (χ1) is 9.16. The number of aromatic nitrogens is 2. The lowest BCUT2D eigenvalue weighted by atomic mass is 10.2. The van der Waals surface area contributed by atoms with Crippen LogP contribution >= 0.6 is 0 Å². The Morgan fingerprint density at radius 1 is 1.53 bits per heavy atom. The number of para-hydroxylation sites is 1. The first kappa shape index (κ1) is 12.8. The van der Waals surface area contributed by atoms with E-state index in [9.17, 15) is 9.90 Å². The Morgan fingerprint density at radius 2 is 2.32 bits per heavy atom. The van der Waals surface area contributed by atoms with E-state index in [1.54, 1.807) is 41.2 Å². The Labute approximate surface area is 110 Å². The Bertz CT molecular complexity index is 604. The van der Waals surface area contributed by atoms with Crippen LogP contribution in [0.3, 0.4) is 0 Å². The van der Waals surface area contributed by atoms with Gasteiger partial charge in [0.1, 0.15) is 18.1 Å². The highest BCUT2D eigenvalue weighted by Crippen LogP contribution is 2.12. The number of hydrogen-bond donors (Lipinski definition) is 2. The molecule has 1 aromatic carbocycles. The summed E-state index contributed by atoms with van der Waals surface area (Å²) in [6.07, 6.45) is 4.75. The molecule has 6 heteroatoms. The number of nitrogens with zero attached hydrogens (tertiary/aromatic N) is 3. The first-order valence-corrected chi connectivity index (χ1v) is 5.74. The summed E-state index contributed by atoms with van der Waals surface area (Å²) in [5.41, 5.74) is 2.94. The van der Waals surface area contributed by atoms with Gasteiger partial charge in [-0.1, -0.05) is 12.1 Å². The summed E-state index contributed by atoms with van der Waals surface area (Å²) in [5.74, 6) is 0.624. The van der Waals surface area contributed by atoms with Crippen molar-refractivity contribution in [1.29, 1.82) is 0 Å². The van der Waals surface area contributed by atoms with Gasteiger partial charge in [-0.15, -0.1) is 0 Å². The van der Waals surface area contributed by atoms with Crippen molar-refractivity contribution in [3.8, 4) is 5.75 Å². The van der Waals surface area contributed by atoms with Gasteiger partial charge in [-0.3, -0.25) is 4.79 Å². The molecule has 0 atom stereocenters. The molecule has 0 aliphatic carbocycles. The van der Waals surface area contributed by atoms with E-state index < -0.39 is 0 Å². The second-order valence-electron chi connectivity index (χ2n) is 3.95. The van der Waals surface area contributed by atoms with Gasteiger partial charge >= 0.3 is 0 Å². The van der Waals surface area contributed by atoms with Crippen LogP contribution in [-0.2, 0) is 11.3 Å². The van der Waals surface area contributed by atoms with Crippen LogP contribution in [-0.4, -0.2) is 26.8 Å². The average Bonchev–Trinajstić information content (AvgIpc) is 2.77. The third-order valence-corrected chi connectivity index (χ3v) is 2.57. The molecule has 0 unspecified atom stereocenters. The second-order valence-corrected chi connectivity index (χ2v) is 3.95. The minimum atomic E-state index is -0.257. The molecule has 6 nitrogen and oxygen atoms in total. The van der Waals surface area contributed by atoms with Gasteiger partial charge in [0.15, 0.2) is 0 Å². The summed E-state index contributed by atoms with van der Waals surface area (Å²) in [7, 11) is 0. The van der Waals surface area contributed by atoms with E-state index in [2.05, 4.69) is 15.5 Å². The van der Waals surface area contributed by atoms with Crippen molar-refractivity contribution in [2.45, 2.75) is 13.5 Å². The van der Waals surface area contributed by atoms with Crippen LogP contribution < -0.4 is 5.43 Å². The van der Waals surface area contributed by atoms with Crippen LogP contribution in [0, 0.1) is 6.92 Å². The van der Waals surface area contributed by atoms with E-state index in [4.69, 9.17) is 0 Å². The van der Waals surface area contributed by atoms with Gasteiger partial charge in [0.25, 0.3) is 5.91 Å². The van der Waals surface area contributed by atoms with Crippen LogP contribution in [0.2, 0.25) is 0 Å². The first-order valence-electron chi connectivity index (χ1n) is 5.74. The highest BCUT2D eigenvalue weighted by atomic mass is 16.3. The fraction of sp³-hybridized carbons (Fsp3) is 0.154. The highest BCUT2D eigenvalue weighted by Gasteiger charge is 2.03. The summed E-state index contributed by atoms with van der Waals surface area (Å²) in [5, 5.41) is 13.3. The van der Waals surface area contributed by atoms with Crippen LogP contribution in [0.1, 0.15) is 11.4 Å². The van der Waals surface area contributed by atoms with Gasteiger partial charge in [-0.2, -0.15) is 5.10 Å². The normalized spacial score (nSPS) is 10.8. The predicted octanol–water partition coefficient (Wildman–Crippen LogP) is 1.05. The van der Waals surface area contributed by atoms with Crippen molar-refractivity contribution in [2.75, 3.05) is 0 Å². The highest BCUT2D eigenvalue weighted by molar-refractivity contribution is 5.84. The molecular weight excluding hydrogens is 244 g/mol. The van der Waals surface area contributed by atoms with Crippen molar-refractivity contribution in [3.05, 3.63) is 48.0 Å². The number of carbonyl (C=O) groups excluding carboxylic acids is 1. The minimum absolute atomic E-state index is 0.117. The lowest BCUT2D eigenvalue weighted by Crippen LogP contribution is -2.23. The Balaban J connectivity index is 1.91. The SMILES string of the molecule is Cc1nccn1CC(=O)N/N=C\c1ccccc1O. The number of rotatable bonds is 4. The van der Waals surface area contributed by atoms with E-state index in [1.807, 2.05) is 6.92 Å². The smallest absolute Gasteiger partial charge is 0.260 e. The number of imidazole rings is 1. The monoisotopic (exact) mass is 258 g/mol. The topological polar surface area (TPSA) is 79.5 Å². The maximum absolute atomic E-state index is 11.6. The second kappa shape index (κ2) is 5.81. The van der Waals surface area contributed by atoms with Gasteiger partial charge in [0.05, 0.1) is 6.21 Å². The minimum Gasteiger partial charge on any atom is -0.507 e. The van der Waals surface area contributed by atoms with Crippen molar-refractivity contribution >= 4 is 12.1 Å². The molecule has 19 heavy (non-hydrogen) atoms. The number of phenols is 1. The van der Waals surface area contributed by atoms with E-state index in [0.29, 0.717) is 5.56 Å². The zero-order valence-corrected chi connectivity index (χ0v) is 10.4. The molecule has 2 aromatic rings. The Kier molecular flexibility index (Phi) is 3.92. The molecule has 98 valence electrons. The number of phenolic OH excluding ortho intramolecular Hbond substituents is 1. The van der Waals surface area contributed by atoms with Crippen molar-refractivity contribution < 1.29 is 9.90 Å². The van der Waals surface area contributed by atoms with Gasteiger partial charge in [0, 0.05) is 18.0 Å². The molecule has 0 radical (unpaired) electrons. The van der Waals surface area contributed by atoms with E-state index >= 15 is 0 Å². The molecule has 2 rings (SSSR count). The lowest BCUT2D eigenvalue weighted by molar-refractivity contribution is -0.121. The number of aryl methyl sites for hydroxylation is 1. The number of carbonyl (C=O) groups is 1. The number of benzene rings is 1. The molecule has 2 N–H and O–H groups in total. The van der Waals surface area contributed by atoms with E-state index in [0.717, 1.165) is 5.82 Å². The van der Waals surface area contributed by atoms with Crippen molar-refractivity contribution in [2.24, 2.45) is 5.10 Å². The molecule has 0 spiro atoms. The van der Waals surface area contributed by atoms with Gasteiger partial charge in [-0.25, -0.2) is 10.4 Å². The predicted molar refractivity (Wildman–Crippen MR) is 70.8 cm³/mol. The third kappa shape index (κ3) is 3.41. The molecular formula is C13H14N4O2. The van der Waals surface area contributed by atoms with Gasteiger partial charge in [-0.05, 0) is 19.1 Å². The standard InChI is InChI=1S/C13H14N4O2/c1-10-14-6-7-17(10)9-13(19)16-15-8-11-4-2-3-5-12(11)18/h2-8,18H,9H2,1H3,(H,16,19)/b15-8-. The molecule has 1 aromatic heterocycles. The zero-order valence-electron chi connectivity index (χ0n) is 10.4. The molecule has 0 saturated carbocycles. The molecule has 0 fully saturated rings. The van der Waals surface area contributed by atoms with Crippen LogP contribution in [0.25, 0.3) is 0 Å². The largest absolute Gasteiger partial charge is 0.507 e. The fourth-order valence-corrected chi connectivity index (χ4v) is 1.53. The number of amides is 1. The van der Waals surface area contributed by atoms with Crippen LogP contribution in [0.5, 0.6) is 5.75 Å². The number of aromatic hydroxyl groups is 1. The van der Waals surface area contributed by atoms with E-state index in [-0.39, 0.29) is 18.2 Å². The van der Waals surface area contributed by atoms with Crippen LogP contribution in [0.4, 0.5) is 0 Å². The molecule has 0 aliphatic heterocycles. The number of nitrogens with one attached hydrogen (secondary N) is 1.